The second-order valence-corrected chi connectivity index (χ2v) is 6.65. The number of benzene rings is 1. The number of likely N-dealkylation sites (N-methyl/N-ethyl adjacent to an activating group) is 1. The average molecular weight is 290 g/mol. The van der Waals surface area contributed by atoms with Gasteiger partial charge in [0.1, 0.15) is 0 Å². The van der Waals surface area contributed by atoms with E-state index >= 15 is 0 Å². The van der Waals surface area contributed by atoms with Crippen molar-refractivity contribution in [1.29, 1.82) is 0 Å². The average Bonchev–Trinajstić information content (AvgIpc) is 2.85. The Morgan fingerprint density at radius 1 is 1.33 bits per heavy atom. The van der Waals surface area contributed by atoms with Crippen molar-refractivity contribution in [1.82, 2.24) is 9.80 Å². The number of aryl methyl sites for hydroxylation is 1. The zero-order valence-corrected chi connectivity index (χ0v) is 13.8. The fourth-order valence-corrected chi connectivity index (χ4v) is 3.29. The Hall–Kier alpha value is -0.900. The van der Waals surface area contributed by atoms with E-state index in [0.29, 0.717) is 6.54 Å². The van der Waals surface area contributed by atoms with Crippen molar-refractivity contribution in [2.45, 2.75) is 32.3 Å². The second kappa shape index (κ2) is 7.92. The van der Waals surface area contributed by atoms with Crippen LogP contribution in [0.2, 0.25) is 0 Å². The largest absolute Gasteiger partial charge is 0.387 e. The topological polar surface area (TPSA) is 26.7 Å². The summed E-state index contributed by atoms with van der Waals surface area (Å²) in [5.74, 6) is 0.749. The van der Waals surface area contributed by atoms with Crippen molar-refractivity contribution in [2.75, 3.05) is 40.3 Å². The summed E-state index contributed by atoms with van der Waals surface area (Å²) in [6, 6.07) is 8.45. The molecular formula is C18H30N2O. The summed E-state index contributed by atoms with van der Waals surface area (Å²) in [5, 5.41) is 10.4. The van der Waals surface area contributed by atoms with Gasteiger partial charge in [0, 0.05) is 19.6 Å². The molecule has 1 heterocycles. The summed E-state index contributed by atoms with van der Waals surface area (Å²) in [7, 11) is 4.31. The lowest BCUT2D eigenvalue weighted by Gasteiger charge is -2.24. The SMILES string of the molecule is CCCc1ccc(C(O)CN(C)CC2CCN(C)C2)cc1. The Kier molecular flexibility index (Phi) is 6.22. The van der Waals surface area contributed by atoms with Crippen molar-refractivity contribution >= 4 is 0 Å². The number of likely N-dealkylation sites (tertiary alicyclic amines) is 1. The fraction of sp³-hybridized carbons (Fsp3) is 0.667. The number of nitrogens with zero attached hydrogens (tertiary/aromatic N) is 2. The molecule has 3 heteroatoms. The predicted molar refractivity (Wildman–Crippen MR) is 88.5 cm³/mol. The molecule has 2 atom stereocenters. The van der Waals surface area contributed by atoms with Gasteiger partial charge in [0.25, 0.3) is 0 Å². The van der Waals surface area contributed by atoms with E-state index in [1.165, 1.54) is 31.5 Å². The van der Waals surface area contributed by atoms with Crippen LogP contribution in [0, 0.1) is 5.92 Å². The summed E-state index contributed by atoms with van der Waals surface area (Å²) in [5.41, 5.74) is 2.39. The number of aliphatic hydroxyl groups excluding tert-OH is 1. The predicted octanol–water partition coefficient (Wildman–Crippen LogP) is 2.56. The van der Waals surface area contributed by atoms with Crippen molar-refractivity contribution in [3.8, 4) is 0 Å². The maximum Gasteiger partial charge on any atom is 0.0916 e. The maximum absolute atomic E-state index is 10.4. The molecule has 1 N–H and O–H groups in total. The third-order valence-electron chi connectivity index (χ3n) is 4.45. The van der Waals surface area contributed by atoms with E-state index in [9.17, 15) is 5.11 Å². The van der Waals surface area contributed by atoms with Crippen molar-refractivity contribution in [3.05, 3.63) is 35.4 Å². The van der Waals surface area contributed by atoms with E-state index in [1.807, 2.05) is 0 Å². The molecule has 0 bridgehead atoms. The first-order valence-electron chi connectivity index (χ1n) is 8.22. The zero-order chi connectivity index (χ0) is 15.2. The lowest BCUT2D eigenvalue weighted by Crippen LogP contribution is -2.31. The van der Waals surface area contributed by atoms with Crippen molar-refractivity contribution in [2.24, 2.45) is 5.92 Å². The Labute approximate surface area is 129 Å². The van der Waals surface area contributed by atoms with Gasteiger partial charge < -0.3 is 14.9 Å². The van der Waals surface area contributed by atoms with Gasteiger partial charge in [0.15, 0.2) is 0 Å². The molecule has 0 spiro atoms. The van der Waals surface area contributed by atoms with Gasteiger partial charge in [-0.1, -0.05) is 37.6 Å². The van der Waals surface area contributed by atoms with Gasteiger partial charge in [-0.15, -0.1) is 0 Å². The normalized spacial score (nSPS) is 21.1. The van der Waals surface area contributed by atoms with Crippen LogP contribution in [-0.2, 0) is 6.42 Å². The molecule has 21 heavy (non-hydrogen) atoms. The molecule has 2 rings (SSSR count). The first-order chi connectivity index (χ1) is 10.1. The molecule has 0 aromatic heterocycles. The summed E-state index contributed by atoms with van der Waals surface area (Å²) in [4.78, 5) is 4.66. The van der Waals surface area contributed by atoms with Crippen LogP contribution in [-0.4, -0.2) is 55.2 Å². The molecule has 1 aliphatic heterocycles. The molecule has 2 unspecified atom stereocenters. The van der Waals surface area contributed by atoms with Gasteiger partial charge in [0.2, 0.25) is 0 Å². The summed E-state index contributed by atoms with van der Waals surface area (Å²) in [6.45, 7) is 6.38. The lowest BCUT2D eigenvalue weighted by molar-refractivity contribution is 0.119. The van der Waals surface area contributed by atoms with Gasteiger partial charge in [-0.05, 0) is 50.5 Å². The summed E-state index contributed by atoms with van der Waals surface area (Å²) in [6.07, 6.45) is 3.18. The Balaban J connectivity index is 1.81. The molecule has 0 amide bonds. The first-order valence-corrected chi connectivity index (χ1v) is 8.22. The number of rotatable bonds is 7. The van der Waals surface area contributed by atoms with E-state index in [2.05, 4.69) is 55.1 Å². The van der Waals surface area contributed by atoms with E-state index in [0.717, 1.165) is 24.4 Å². The molecule has 1 aromatic rings. The van der Waals surface area contributed by atoms with E-state index in [4.69, 9.17) is 0 Å². The van der Waals surface area contributed by atoms with Gasteiger partial charge >= 0.3 is 0 Å². The van der Waals surface area contributed by atoms with Crippen LogP contribution in [0.1, 0.15) is 37.0 Å². The molecule has 118 valence electrons. The molecule has 1 fully saturated rings. The minimum atomic E-state index is -0.384. The Morgan fingerprint density at radius 3 is 2.62 bits per heavy atom. The third kappa shape index (κ3) is 5.10. The van der Waals surface area contributed by atoms with Gasteiger partial charge in [-0.2, -0.15) is 0 Å². The van der Waals surface area contributed by atoms with Crippen LogP contribution >= 0.6 is 0 Å². The monoisotopic (exact) mass is 290 g/mol. The smallest absolute Gasteiger partial charge is 0.0916 e. The summed E-state index contributed by atoms with van der Waals surface area (Å²) >= 11 is 0. The van der Waals surface area contributed by atoms with Gasteiger partial charge in [-0.25, -0.2) is 0 Å². The highest BCUT2D eigenvalue weighted by Gasteiger charge is 2.21. The van der Waals surface area contributed by atoms with Gasteiger partial charge in [-0.3, -0.25) is 0 Å². The van der Waals surface area contributed by atoms with Crippen LogP contribution in [0.3, 0.4) is 0 Å². The minimum absolute atomic E-state index is 0.384. The van der Waals surface area contributed by atoms with Crippen molar-refractivity contribution in [3.63, 3.8) is 0 Å². The second-order valence-electron chi connectivity index (χ2n) is 6.65. The highest BCUT2D eigenvalue weighted by atomic mass is 16.3. The highest BCUT2D eigenvalue weighted by Crippen LogP contribution is 2.19. The Morgan fingerprint density at radius 2 is 2.05 bits per heavy atom. The third-order valence-corrected chi connectivity index (χ3v) is 4.45. The molecular weight excluding hydrogens is 260 g/mol. The first kappa shape index (κ1) is 16.5. The molecule has 1 saturated heterocycles. The van der Waals surface area contributed by atoms with Crippen LogP contribution in [0.15, 0.2) is 24.3 Å². The van der Waals surface area contributed by atoms with E-state index in [1.54, 1.807) is 0 Å². The Bertz CT molecular complexity index is 418. The van der Waals surface area contributed by atoms with Crippen LogP contribution in [0.25, 0.3) is 0 Å². The fourth-order valence-electron chi connectivity index (χ4n) is 3.29. The molecule has 0 aliphatic carbocycles. The van der Waals surface area contributed by atoms with Crippen LogP contribution in [0.4, 0.5) is 0 Å². The van der Waals surface area contributed by atoms with E-state index in [-0.39, 0.29) is 6.10 Å². The maximum atomic E-state index is 10.4. The van der Waals surface area contributed by atoms with Gasteiger partial charge in [0.05, 0.1) is 6.10 Å². The molecule has 0 saturated carbocycles. The number of aliphatic hydroxyl groups is 1. The highest BCUT2D eigenvalue weighted by molar-refractivity contribution is 5.24. The molecule has 0 radical (unpaired) electrons. The zero-order valence-electron chi connectivity index (χ0n) is 13.8. The van der Waals surface area contributed by atoms with E-state index < -0.39 is 0 Å². The summed E-state index contributed by atoms with van der Waals surface area (Å²) < 4.78 is 0. The molecule has 1 aromatic carbocycles. The molecule has 3 nitrogen and oxygen atoms in total. The molecule has 1 aliphatic rings. The van der Waals surface area contributed by atoms with Crippen LogP contribution in [0.5, 0.6) is 0 Å². The standard InChI is InChI=1S/C18H30N2O/c1-4-5-15-6-8-17(9-7-15)18(21)14-20(3)13-16-10-11-19(2)12-16/h6-9,16,18,21H,4-5,10-14H2,1-3H3. The lowest BCUT2D eigenvalue weighted by atomic mass is 10.0. The minimum Gasteiger partial charge on any atom is -0.387 e. The van der Waals surface area contributed by atoms with Crippen molar-refractivity contribution < 1.29 is 5.11 Å². The number of hydrogen-bond acceptors (Lipinski definition) is 3. The quantitative estimate of drug-likeness (QED) is 0.836. The number of hydrogen-bond donors (Lipinski definition) is 1. The van der Waals surface area contributed by atoms with Crippen LogP contribution < -0.4 is 0 Å².